The molecule has 0 heterocycles. The number of likely N-dealkylation sites (N-methyl/N-ethyl adjacent to an activating group) is 3. The fourth-order valence-electron chi connectivity index (χ4n) is 0.987. The smallest absolute Gasteiger partial charge is 0.244 e. The van der Waals surface area contributed by atoms with Crippen LogP contribution in [0.25, 0.3) is 0 Å². The summed E-state index contributed by atoms with van der Waals surface area (Å²) >= 11 is 0. The summed E-state index contributed by atoms with van der Waals surface area (Å²) < 4.78 is 0. The third-order valence-corrected chi connectivity index (χ3v) is 2.00. The number of primary amides is 1. The van der Waals surface area contributed by atoms with Gasteiger partial charge >= 0.3 is 0 Å². The normalized spacial score (nSPS) is 13.1. The number of carbonyl (C=O) groups excluding carboxylic acids is 1. The van der Waals surface area contributed by atoms with Crippen LogP contribution in [-0.4, -0.2) is 32.8 Å². The van der Waals surface area contributed by atoms with Gasteiger partial charge in [-0.25, -0.2) is 0 Å². The molecule has 0 bridgehead atoms. The van der Waals surface area contributed by atoms with Crippen molar-refractivity contribution in [1.82, 2.24) is 16.0 Å². The Morgan fingerprint density at radius 2 is 1.62 bits per heavy atom. The molecule has 0 aliphatic rings. The van der Waals surface area contributed by atoms with Gasteiger partial charge in [-0.15, -0.1) is 0 Å². The molecular formula is C8H18N4O. The summed E-state index contributed by atoms with van der Waals surface area (Å²) in [4.78, 5) is 10.8. The molecule has 0 aromatic rings. The minimum absolute atomic E-state index is 0.426. The van der Waals surface area contributed by atoms with Crippen molar-refractivity contribution in [3.05, 3.63) is 11.6 Å². The molecule has 0 aromatic carbocycles. The van der Waals surface area contributed by atoms with E-state index < -0.39 is 11.7 Å². The van der Waals surface area contributed by atoms with Crippen LogP contribution >= 0.6 is 0 Å². The Hall–Kier alpha value is -0.910. The highest BCUT2D eigenvalue weighted by Crippen LogP contribution is 2.00. The molecule has 5 heteroatoms. The first-order valence-electron chi connectivity index (χ1n) is 4.07. The molecule has 0 fully saturated rings. The van der Waals surface area contributed by atoms with Crippen LogP contribution in [0.2, 0.25) is 0 Å². The number of nitrogens with two attached hydrogens (primary N) is 1. The van der Waals surface area contributed by atoms with Gasteiger partial charge in [-0.05, 0) is 34.1 Å². The second-order valence-electron chi connectivity index (χ2n) is 2.75. The molecule has 5 N–H and O–H groups in total. The maximum absolute atomic E-state index is 10.8. The monoisotopic (exact) mass is 186 g/mol. The summed E-state index contributed by atoms with van der Waals surface area (Å²) in [6.45, 7) is 1.67. The van der Waals surface area contributed by atoms with E-state index in [1.807, 2.05) is 0 Å². The first kappa shape index (κ1) is 12.1. The topological polar surface area (TPSA) is 79.2 Å². The Bertz CT molecular complexity index is 200. The Balaban J connectivity index is 4.76. The first-order chi connectivity index (χ1) is 6.01. The molecule has 0 spiro atoms. The van der Waals surface area contributed by atoms with Crippen molar-refractivity contribution in [3.63, 3.8) is 0 Å². The van der Waals surface area contributed by atoms with Gasteiger partial charge in [-0.3, -0.25) is 20.7 Å². The Morgan fingerprint density at radius 1 is 1.23 bits per heavy atom. The van der Waals surface area contributed by atoms with Crippen LogP contribution in [0.5, 0.6) is 0 Å². The van der Waals surface area contributed by atoms with E-state index in [1.165, 1.54) is 0 Å². The number of amides is 1. The van der Waals surface area contributed by atoms with Gasteiger partial charge in [0.25, 0.3) is 0 Å². The van der Waals surface area contributed by atoms with Crippen molar-refractivity contribution in [2.24, 2.45) is 5.73 Å². The van der Waals surface area contributed by atoms with Crippen molar-refractivity contribution in [1.29, 1.82) is 0 Å². The van der Waals surface area contributed by atoms with Gasteiger partial charge in [0.1, 0.15) is 5.79 Å². The van der Waals surface area contributed by atoms with E-state index >= 15 is 0 Å². The highest BCUT2D eigenvalue weighted by molar-refractivity contribution is 5.91. The van der Waals surface area contributed by atoms with Gasteiger partial charge in [-0.1, -0.05) is 0 Å². The Morgan fingerprint density at radius 3 is 1.85 bits per heavy atom. The van der Waals surface area contributed by atoms with E-state index in [4.69, 9.17) is 5.73 Å². The summed E-state index contributed by atoms with van der Waals surface area (Å²) in [6.07, 6.45) is 1.70. The van der Waals surface area contributed by atoms with Crippen LogP contribution < -0.4 is 21.7 Å². The van der Waals surface area contributed by atoms with Gasteiger partial charge in [0.05, 0.1) is 0 Å². The lowest BCUT2D eigenvalue weighted by molar-refractivity contribution is -0.114. The third kappa shape index (κ3) is 3.14. The second kappa shape index (κ2) is 4.96. The lowest BCUT2D eigenvalue weighted by Gasteiger charge is -2.29. The molecule has 0 aromatic heterocycles. The quantitative estimate of drug-likeness (QED) is 0.319. The summed E-state index contributed by atoms with van der Waals surface area (Å²) in [6, 6.07) is 0. The summed E-state index contributed by atoms with van der Waals surface area (Å²) in [5.74, 6) is -1.01. The molecular weight excluding hydrogens is 168 g/mol. The molecule has 0 rings (SSSR count). The summed E-state index contributed by atoms with van der Waals surface area (Å²) in [5.41, 5.74) is 5.61. The number of carbonyl (C=O) groups is 1. The minimum Gasteiger partial charge on any atom is -0.366 e. The van der Waals surface area contributed by atoms with Crippen molar-refractivity contribution in [2.45, 2.75) is 12.7 Å². The Kier molecular flexibility index (Phi) is 4.61. The largest absolute Gasteiger partial charge is 0.366 e. The molecule has 76 valence electrons. The lowest BCUT2D eigenvalue weighted by atomic mass is 10.2. The van der Waals surface area contributed by atoms with E-state index in [9.17, 15) is 4.79 Å². The molecule has 0 saturated heterocycles. The predicted octanol–water partition coefficient (Wildman–Crippen LogP) is -1.27. The van der Waals surface area contributed by atoms with Gasteiger partial charge in [-0.2, -0.15) is 0 Å². The van der Waals surface area contributed by atoms with E-state index in [2.05, 4.69) is 16.0 Å². The first-order valence-corrected chi connectivity index (χ1v) is 4.07. The number of rotatable bonds is 5. The van der Waals surface area contributed by atoms with Crippen molar-refractivity contribution >= 4 is 5.91 Å². The average molecular weight is 186 g/mol. The Labute approximate surface area is 78.8 Å². The molecule has 0 unspecified atom stereocenters. The third-order valence-electron chi connectivity index (χ3n) is 2.00. The standard InChI is InChI=1S/C8H18N4O/c1-6(7(9)13)5-8(10-2,11-3)12-4/h5,10-12H,1-4H3,(H2,9,13). The molecule has 0 radical (unpaired) electrons. The second-order valence-corrected chi connectivity index (χ2v) is 2.75. The molecule has 0 aliphatic heterocycles. The maximum atomic E-state index is 10.8. The SMILES string of the molecule is CNC(C=C(C)C(N)=O)(NC)NC. The van der Waals surface area contributed by atoms with Crippen molar-refractivity contribution < 1.29 is 4.79 Å². The van der Waals surface area contributed by atoms with Crippen molar-refractivity contribution in [3.8, 4) is 0 Å². The van der Waals surface area contributed by atoms with E-state index in [0.717, 1.165) is 0 Å². The van der Waals surface area contributed by atoms with Crippen LogP contribution in [0.3, 0.4) is 0 Å². The van der Waals surface area contributed by atoms with Crippen molar-refractivity contribution in [2.75, 3.05) is 21.1 Å². The van der Waals surface area contributed by atoms with Crippen LogP contribution in [0, 0.1) is 0 Å². The lowest BCUT2D eigenvalue weighted by Crippen LogP contribution is -2.62. The van der Waals surface area contributed by atoms with Gasteiger partial charge in [0.2, 0.25) is 5.91 Å². The van der Waals surface area contributed by atoms with Gasteiger partial charge in [0.15, 0.2) is 0 Å². The minimum atomic E-state index is -0.584. The van der Waals surface area contributed by atoms with Gasteiger partial charge < -0.3 is 5.73 Å². The highest BCUT2D eigenvalue weighted by atomic mass is 16.1. The van der Waals surface area contributed by atoms with Crippen LogP contribution in [-0.2, 0) is 4.79 Å². The summed E-state index contributed by atoms with van der Waals surface area (Å²) in [5, 5.41) is 8.98. The van der Waals surface area contributed by atoms with E-state index in [-0.39, 0.29) is 0 Å². The molecule has 5 nitrogen and oxygen atoms in total. The zero-order valence-electron chi connectivity index (χ0n) is 8.56. The molecule has 0 aliphatic carbocycles. The zero-order valence-corrected chi connectivity index (χ0v) is 8.56. The van der Waals surface area contributed by atoms with Crippen LogP contribution in [0.4, 0.5) is 0 Å². The fraction of sp³-hybridized carbons (Fsp3) is 0.625. The van der Waals surface area contributed by atoms with Gasteiger partial charge in [0, 0.05) is 5.57 Å². The highest BCUT2D eigenvalue weighted by Gasteiger charge is 2.20. The van der Waals surface area contributed by atoms with E-state index in [0.29, 0.717) is 5.57 Å². The van der Waals surface area contributed by atoms with E-state index in [1.54, 1.807) is 34.1 Å². The number of hydrogen-bond donors (Lipinski definition) is 4. The van der Waals surface area contributed by atoms with Crippen LogP contribution in [0.15, 0.2) is 11.6 Å². The molecule has 1 amide bonds. The zero-order chi connectivity index (χ0) is 10.5. The average Bonchev–Trinajstić information content (AvgIpc) is 2.14. The predicted molar refractivity (Wildman–Crippen MR) is 52.9 cm³/mol. The number of hydrogen-bond acceptors (Lipinski definition) is 4. The molecule has 0 saturated carbocycles. The summed E-state index contributed by atoms with van der Waals surface area (Å²) in [7, 11) is 5.33. The fourth-order valence-corrected chi connectivity index (χ4v) is 0.987. The molecule has 13 heavy (non-hydrogen) atoms. The van der Waals surface area contributed by atoms with Crippen LogP contribution in [0.1, 0.15) is 6.92 Å². The maximum Gasteiger partial charge on any atom is 0.244 e. The number of nitrogens with one attached hydrogen (secondary N) is 3. The molecule has 0 atom stereocenters.